The van der Waals surface area contributed by atoms with Crippen LogP contribution in [0.2, 0.25) is 0 Å². The van der Waals surface area contributed by atoms with Gasteiger partial charge in [0.05, 0.1) is 0 Å². The summed E-state index contributed by atoms with van der Waals surface area (Å²) in [5.41, 5.74) is 2.99. The summed E-state index contributed by atoms with van der Waals surface area (Å²) in [5.74, 6) is 2.88. The summed E-state index contributed by atoms with van der Waals surface area (Å²) in [5, 5.41) is 11.3. The van der Waals surface area contributed by atoms with Gasteiger partial charge in [0.2, 0.25) is 0 Å². The maximum absolute atomic E-state index is 11.8. The fourth-order valence-corrected chi connectivity index (χ4v) is 8.19. The smallest absolute Gasteiger partial charge is 0.302 e. The van der Waals surface area contributed by atoms with Crippen molar-refractivity contribution >= 4 is 21.9 Å². The van der Waals surface area contributed by atoms with Gasteiger partial charge in [-0.15, -0.1) is 0 Å². The van der Waals surface area contributed by atoms with Crippen LogP contribution in [0.4, 0.5) is 0 Å². The molecule has 0 aromatic heterocycles. The summed E-state index contributed by atoms with van der Waals surface area (Å²) in [4.78, 5) is 11.8. The molecule has 0 aliphatic heterocycles. The average molecular weight is 520 g/mol. The summed E-state index contributed by atoms with van der Waals surface area (Å²) in [6, 6.07) is 6.12. The lowest BCUT2D eigenvalue weighted by Crippen LogP contribution is -2.48. The van der Waals surface area contributed by atoms with E-state index in [2.05, 4.69) is 28.9 Å². The van der Waals surface area contributed by atoms with Gasteiger partial charge < -0.3 is 9.84 Å². The highest BCUT2D eigenvalue weighted by molar-refractivity contribution is 9.09. The molecule has 3 aliphatic rings. The lowest BCUT2D eigenvalue weighted by molar-refractivity contribution is -0.155. The van der Waals surface area contributed by atoms with Crippen molar-refractivity contribution in [1.82, 2.24) is 0 Å². The standard InChI is InChI=1S/C29H43BrO3/c1-20(31)33-27-14-13-26-28-21(10-8-6-4-3-5-7-9-17-30)18-22-19-23(32)11-12-24(22)25(28)15-16-29(26,27)2/h11-12,19,21,25-28,32H,3-10,13-18H2,1-2H3/t21-,25?,26?,27+,28?,29+/m1/s1. The van der Waals surface area contributed by atoms with E-state index in [0.717, 1.165) is 24.6 Å². The van der Waals surface area contributed by atoms with Crippen LogP contribution in [0.3, 0.4) is 0 Å². The van der Waals surface area contributed by atoms with E-state index in [1.165, 1.54) is 75.3 Å². The monoisotopic (exact) mass is 518 g/mol. The van der Waals surface area contributed by atoms with Crippen molar-refractivity contribution in [3.8, 4) is 5.75 Å². The number of carbonyl (C=O) groups is 1. The van der Waals surface area contributed by atoms with Gasteiger partial charge in [-0.1, -0.05) is 67.4 Å². The van der Waals surface area contributed by atoms with E-state index in [-0.39, 0.29) is 17.5 Å². The number of esters is 1. The molecular formula is C29H43BrO3. The van der Waals surface area contributed by atoms with Crippen molar-refractivity contribution in [2.45, 2.75) is 109 Å². The minimum absolute atomic E-state index is 0.0855. The zero-order chi connectivity index (χ0) is 23.4. The average Bonchev–Trinajstić information content (AvgIpc) is 3.10. The number of hydrogen-bond donors (Lipinski definition) is 1. The molecule has 0 amide bonds. The molecule has 1 aromatic rings. The molecule has 2 fully saturated rings. The molecule has 0 heterocycles. The summed E-state index contributed by atoms with van der Waals surface area (Å²) in [7, 11) is 0. The van der Waals surface area contributed by atoms with Crippen LogP contribution in [0.5, 0.6) is 5.75 Å². The number of rotatable bonds is 10. The van der Waals surface area contributed by atoms with E-state index < -0.39 is 0 Å². The lowest BCUT2D eigenvalue weighted by atomic mass is 9.52. The Bertz CT molecular complexity index is 808. The number of halogens is 1. The number of benzene rings is 1. The Morgan fingerprint density at radius 2 is 1.82 bits per heavy atom. The van der Waals surface area contributed by atoms with Crippen molar-refractivity contribution in [1.29, 1.82) is 0 Å². The summed E-state index contributed by atoms with van der Waals surface area (Å²) >= 11 is 3.53. The number of phenolic OH excluding ortho intramolecular Hbond substituents is 1. The van der Waals surface area contributed by atoms with Crippen LogP contribution in [-0.2, 0) is 16.0 Å². The van der Waals surface area contributed by atoms with Crippen LogP contribution >= 0.6 is 15.9 Å². The third-order valence-corrected chi connectivity index (χ3v) is 9.88. The van der Waals surface area contributed by atoms with Crippen LogP contribution in [-0.4, -0.2) is 22.5 Å². The Labute approximate surface area is 209 Å². The van der Waals surface area contributed by atoms with Gasteiger partial charge in [0.1, 0.15) is 11.9 Å². The van der Waals surface area contributed by atoms with Gasteiger partial charge in [0.15, 0.2) is 0 Å². The number of carbonyl (C=O) groups excluding carboxylic acids is 1. The Hall–Kier alpha value is -1.03. The van der Waals surface area contributed by atoms with Crippen molar-refractivity contribution in [2.75, 3.05) is 5.33 Å². The van der Waals surface area contributed by atoms with Crippen LogP contribution in [0, 0.1) is 23.2 Å². The minimum atomic E-state index is -0.124. The second-order valence-corrected chi connectivity index (χ2v) is 12.1. The summed E-state index contributed by atoms with van der Waals surface area (Å²) in [6.45, 7) is 3.97. The Morgan fingerprint density at radius 1 is 1.09 bits per heavy atom. The van der Waals surface area contributed by atoms with Crippen molar-refractivity contribution in [3.05, 3.63) is 29.3 Å². The molecule has 3 nitrogen and oxygen atoms in total. The number of aromatic hydroxyl groups is 1. The number of hydrogen-bond acceptors (Lipinski definition) is 3. The van der Waals surface area contributed by atoms with Gasteiger partial charge >= 0.3 is 5.97 Å². The molecule has 1 N–H and O–H groups in total. The van der Waals surface area contributed by atoms with Crippen LogP contribution in [0.25, 0.3) is 0 Å². The van der Waals surface area contributed by atoms with E-state index in [9.17, 15) is 9.90 Å². The van der Waals surface area contributed by atoms with Crippen LogP contribution in [0.1, 0.15) is 108 Å². The first-order chi connectivity index (χ1) is 15.9. The number of phenols is 1. The second-order valence-electron chi connectivity index (χ2n) is 11.3. The maximum atomic E-state index is 11.8. The molecular weight excluding hydrogens is 476 g/mol. The third-order valence-electron chi connectivity index (χ3n) is 9.31. The van der Waals surface area contributed by atoms with E-state index in [1.807, 2.05) is 12.1 Å². The Kier molecular flexibility index (Phi) is 8.46. The zero-order valence-electron chi connectivity index (χ0n) is 20.7. The molecule has 33 heavy (non-hydrogen) atoms. The highest BCUT2D eigenvalue weighted by Crippen LogP contribution is 2.63. The second kappa shape index (κ2) is 11.1. The lowest BCUT2D eigenvalue weighted by Gasteiger charge is -2.53. The van der Waals surface area contributed by atoms with Gasteiger partial charge in [-0.25, -0.2) is 0 Å². The fourth-order valence-electron chi connectivity index (χ4n) is 7.79. The van der Waals surface area contributed by atoms with Gasteiger partial charge in [-0.3, -0.25) is 4.79 Å². The van der Waals surface area contributed by atoms with Crippen molar-refractivity contribution in [3.63, 3.8) is 0 Å². The molecule has 1 aromatic carbocycles. The van der Waals surface area contributed by atoms with Crippen LogP contribution in [0.15, 0.2) is 18.2 Å². The zero-order valence-corrected chi connectivity index (χ0v) is 22.2. The molecule has 0 spiro atoms. The first-order valence-corrected chi connectivity index (χ1v) is 14.6. The molecule has 0 saturated heterocycles. The normalized spacial score (nSPS) is 32.6. The van der Waals surface area contributed by atoms with E-state index in [1.54, 1.807) is 6.92 Å². The molecule has 6 atom stereocenters. The predicted octanol–water partition coefficient (Wildman–Crippen LogP) is 7.92. The van der Waals surface area contributed by atoms with Gasteiger partial charge in [0, 0.05) is 17.7 Å². The SMILES string of the molecule is CC(=O)O[C@H]1CCC2C3C(CC[C@@]21C)c1ccc(O)cc1C[C@H]3CCCCCCCCCBr. The molecule has 4 heteroatoms. The topological polar surface area (TPSA) is 46.5 Å². The number of ether oxygens (including phenoxy) is 1. The first kappa shape index (κ1) is 25.1. The summed E-state index contributed by atoms with van der Waals surface area (Å²) < 4.78 is 5.86. The van der Waals surface area contributed by atoms with E-state index in [4.69, 9.17) is 4.74 Å². The highest BCUT2D eigenvalue weighted by atomic mass is 79.9. The molecule has 4 rings (SSSR count). The van der Waals surface area contributed by atoms with Crippen molar-refractivity contribution in [2.24, 2.45) is 23.2 Å². The molecule has 3 unspecified atom stereocenters. The third kappa shape index (κ3) is 5.46. The number of unbranched alkanes of at least 4 members (excludes halogenated alkanes) is 6. The Balaban J connectivity index is 1.46. The van der Waals surface area contributed by atoms with Gasteiger partial charge in [-0.05, 0) is 91.9 Å². The van der Waals surface area contributed by atoms with Gasteiger partial charge in [0.25, 0.3) is 0 Å². The molecule has 0 bridgehead atoms. The first-order valence-electron chi connectivity index (χ1n) is 13.5. The summed E-state index contributed by atoms with van der Waals surface area (Å²) in [6.07, 6.45) is 16.4. The minimum Gasteiger partial charge on any atom is -0.508 e. The van der Waals surface area contributed by atoms with Crippen LogP contribution < -0.4 is 0 Å². The number of alkyl halides is 1. The Morgan fingerprint density at radius 3 is 2.55 bits per heavy atom. The quantitative estimate of drug-likeness (QED) is 0.194. The highest BCUT2D eigenvalue weighted by Gasteiger charge is 2.57. The number of fused-ring (bicyclic) bond motifs is 5. The maximum Gasteiger partial charge on any atom is 0.302 e. The van der Waals surface area contributed by atoms with Gasteiger partial charge in [-0.2, -0.15) is 0 Å². The largest absolute Gasteiger partial charge is 0.508 e. The molecule has 0 radical (unpaired) electrons. The van der Waals surface area contributed by atoms with E-state index >= 15 is 0 Å². The molecule has 2 saturated carbocycles. The van der Waals surface area contributed by atoms with E-state index in [0.29, 0.717) is 29.4 Å². The molecule has 184 valence electrons. The predicted molar refractivity (Wildman–Crippen MR) is 138 cm³/mol. The fraction of sp³-hybridized carbons (Fsp3) is 0.759. The van der Waals surface area contributed by atoms with Crippen molar-refractivity contribution < 1.29 is 14.6 Å². The molecule has 3 aliphatic carbocycles.